The first-order valence-corrected chi connectivity index (χ1v) is 5.16. The van der Waals surface area contributed by atoms with Gasteiger partial charge in [0.2, 0.25) is 5.91 Å². The first-order valence-electron chi connectivity index (χ1n) is 4.37. The largest absolute Gasteiger partial charge is 0.495 e. The van der Waals surface area contributed by atoms with Gasteiger partial charge in [-0.3, -0.25) is 4.79 Å². The van der Waals surface area contributed by atoms with Gasteiger partial charge in [0, 0.05) is 18.2 Å². The number of carbonyl (C=O) groups is 1. The number of halogens is 1. The molecule has 0 aliphatic carbocycles. The quantitative estimate of drug-likeness (QED) is 0.837. The van der Waals surface area contributed by atoms with Gasteiger partial charge in [-0.05, 0) is 34.0 Å². The monoisotopic (exact) mass is 255 g/mol. The molecule has 4 heteroatoms. The van der Waals surface area contributed by atoms with E-state index in [9.17, 15) is 4.79 Å². The standard InChI is InChI=1S/C10H10BrNO2/c1-14-9-5-8-6(4-7(9)11)2-3-10(13)12-8/h4-5H,2-3H2,1H3,(H,12,13). The van der Waals surface area contributed by atoms with Gasteiger partial charge in [0.05, 0.1) is 11.6 Å². The SMILES string of the molecule is COc1cc2c(cc1Br)CCC(=O)N2. The molecule has 1 aliphatic heterocycles. The predicted molar refractivity (Wildman–Crippen MR) is 57.6 cm³/mol. The van der Waals surface area contributed by atoms with E-state index >= 15 is 0 Å². The Kier molecular flexibility index (Phi) is 2.46. The molecular weight excluding hydrogens is 246 g/mol. The normalized spacial score (nSPS) is 14.6. The summed E-state index contributed by atoms with van der Waals surface area (Å²) in [6, 6.07) is 3.84. The fourth-order valence-electron chi connectivity index (χ4n) is 1.54. The van der Waals surface area contributed by atoms with Crippen molar-refractivity contribution in [2.45, 2.75) is 12.8 Å². The molecule has 0 atom stereocenters. The Bertz CT molecular complexity index is 390. The van der Waals surface area contributed by atoms with Crippen molar-refractivity contribution in [2.24, 2.45) is 0 Å². The van der Waals surface area contributed by atoms with E-state index in [-0.39, 0.29) is 5.91 Å². The second kappa shape index (κ2) is 3.61. The van der Waals surface area contributed by atoms with E-state index in [4.69, 9.17) is 4.74 Å². The lowest BCUT2D eigenvalue weighted by molar-refractivity contribution is -0.116. The average Bonchev–Trinajstić information content (AvgIpc) is 2.17. The van der Waals surface area contributed by atoms with Crippen LogP contribution in [0.4, 0.5) is 5.69 Å². The smallest absolute Gasteiger partial charge is 0.224 e. The topological polar surface area (TPSA) is 38.3 Å². The van der Waals surface area contributed by atoms with Gasteiger partial charge in [0.25, 0.3) is 0 Å². The minimum absolute atomic E-state index is 0.0712. The Morgan fingerprint density at radius 2 is 2.21 bits per heavy atom. The van der Waals surface area contributed by atoms with E-state index in [0.29, 0.717) is 6.42 Å². The maximum Gasteiger partial charge on any atom is 0.224 e. The number of hydrogen-bond donors (Lipinski definition) is 1. The van der Waals surface area contributed by atoms with Crippen LogP contribution in [0.2, 0.25) is 0 Å². The molecule has 0 unspecified atom stereocenters. The van der Waals surface area contributed by atoms with Crippen LogP contribution < -0.4 is 10.1 Å². The summed E-state index contributed by atoms with van der Waals surface area (Å²) in [7, 11) is 1.61. The molecule has 14 heavy (non-hydrogen) atoms. The van der Waals surface area contributed by atoms with Crippen LogP contribution in [0.3, 0.4) is 0 Å². The number of amides is 1. The predicted octanol–water partition coefficient (Wildman–Crippen LogP) is 2.34. The fourth-order valence-corrected chi connectivity index (χ4v) is 2.09. The first-order chi connectivity index (χ1) is 6.70. The van der Waals surface area contributed by atoms with Crippen molar-refractivity contribution in [3.05, 3.63) is 22.2 Å². The van der Waals surface area contributed by atoms with Crippen LogP contribution in [-0.2, 0) is 11.2 Å². The van der Waals surface area contributed by atoms with Gasteiger partial charge in [-0.15, -0.1) is 0 Å². The molecule has 1 aromatic carbocycles. The van der Waals surface area contributed by atoms with E-state index in [1.807, 2.05) is 12.1 Å². The van der Waals surface area contributed by atoms with Crippen LogP contribution in [-0.4, -0.2) is 13.0 Å². The molecule has 0 bridgehead atoms. The van der Waals surface area contributed by atoms with E-state index in [0.717, 1.165) is 27.9 Å². The van der Waals surface area contributed by atoms with Crippen molar-refractivity contribution in [1.82, 2.24) is 0 Å². The molecule has 74 valence electrons. The summed E-state index contributed by atoms with van der Waals surface area (Å²) in [4.78, 5) is 11.1. The van der Waals surface area contributed by atoms with Gasteiger partial charge in [0.1, 0.15) is 5.75 Å². The number of hydrogen-bond acceptors (Lipinski definition) is 2. The lowest BCUT2D eigenvalue weighted by atomic mass is 10.0. The Morgan fingerprint density at radius 1 is 1.43 bits per heavy atom. The van der Waals surface area contributed by atoms with Crippen LogP contribution in [0.5, 0.6) is 5.75 Å². The van der Waals surface area contributed by atoms with Crippen molar-refractivity contribution in [3.63, 3.8) is 0 Å². The zero-order valence-electron chi connectivity index (χ0n) is 7.76. The van der Waals surface area contributed by atoms with Gasteiger partial charge < -0.3 is 10.1 Å². The third-order valence-corrected chi connectivity index (χ3v) is 2.89. The number of rotatable bonds is 1. The summed E-state index contributed by atoms with van der Waals surface area (Å²) in [5.74, 6) is 0.813. The lowest BCUT2D eigenvalue weighted by Crippen LogP contribution is -2.18. The van der Waals surface area contributed by atoms with Crippen LogP contribution in [0.25, 0.3) is 0 Å². The van der Waals surface area contributed by atoms with Gasteiger partial charge in [-0.1, -0.05) is 0 Å². The highest BCUT2D eigenvalue weighted by Crippen LogP contribution is 2.33. The maximum atomic E-state index is 11.1. The second-order valence-electron chi connectivity index (χ2n) is 3.19. The molecule has 1 N–H and O–H groups in total. The van der Waals surface area contributed by atoms with Gasteiger partial charge in [-0.25, -0.2) is 0 Å². The molecule has 0 saturated carbocycles. The molecule has 3 nitrogen and oxygen atoms in total. The zero-order valence-corrected chi connectivity index (χ0v) is 9.35. The number of ether oxygens (including phenoxy) is 1. The Balaban J connectivity index is 2.46. The molecule has 0 aromatic heterocycles. The van der Waals surface area contributed by atoms with Gasteiger partial charge in [-0.2, -0.15) is 0 Å². The summed E-state index contributed by atoms with van der Waals surface area (Å²) in [6.07, 6.45) is 1.36. The van der Waals surface area contributed by atoms with Crippen molar-refractivity contribution in [1.29, 1.82) is 0 Å². The Hall–Kier alpha value is -1.03. The number of methoxy groups -OCH3 is 1. The van der Waals surface area contributed by atoms with Crippen LogP contribution in [0.1, 0.15) is 12.0 Å². The molecule has 1 aliphatic rings. The molecule has 1 aromatic rings. The van der Waals surface area contributed by atoms with Crippen molar-refractivity contribution < 1.29 is 9.53 Å². The highest BCUT2D eigenvalue weighted by Gasteiger charge is 2.16. The molecule has 0 radical (unpaired) electrons. The summed E-state index contributed by atoms with van der Waals surface area (Å²) in [5.41, 5.74) is 2.01. The number of nitrogens with one attached hydrogen (secondary N) is 1. The van der Waals surface area contributed by atoms with Crippen LogP contribution in [0.15, 0.2) is 16.6 Å². The maximum absolute atomic E-state index is 11.1. The van der Waals surface area contributed by atoms with Crippen molar-refractivity contribution >= 4 is 27.5 Å². The summed E-state index contributed by atoms with van der Waals surface area (Å²) in [6.45, 7) is 0. The summed E-state index contributed by atoms with van der Waals surface area (Å²) >= 11 is 3.41. The lowest BCUT2D eigenvalue weighted by Gasteiger charge is -2.18. The summed E-state index contributed by atoms with van der Waals surface area (Å²) < 4.78 is 6.07. The number of carbonyl (C=O) groups excluding carboxylic acids is 1. The number of fused-ring (bicyclic) bond motifs is 1. The molecule has 1 amide bonds. The van der Waals surface area contributed by atoms with Crippen LogP contribution >= 0.6 is 15.9 Å². The van der Waals surface area contributed by atoms with Gasteiger partial charge in [0.15, 0.2) is 0 Å². The second-order valence-corrected chi connectivity index (χ2v) is 4.05. The molecule has 0 saturated heterocycles. The highest BCUT2D eigenvalue weighted by atomic mass is 79.9. The number of benzene rings is 1. The highest BCUT2D eigenvalue weighted by molar-refractivity contribution is 9.10. The van der Waals surface area contributed by atoms with E-state index in [1.54, 1.807) is 7.11 Å². The van der Waals surface area contributed by atoms with Gasteiger partial charge >= 0.3 is 0 Å². The molecule has 0 spiro atoms. The molecule has 2 rings (SSSR count). The molecular formula is C10H10BrNO2. The minimum Gasteiger partial charge on any atom is -0.495 e. The average molecular weight is 256 g/mol. The zero-order chi connectivity index (χ0) is 10.1. The van der Waals surface area contributed by atoms with E-state index in [2.05, 4.69) is 21.2 Å². The number of aryl methyl sites for hydroxylation is 1. The summed E-state index contributed by atoms with van der Waals surface area (Å²) in [5, 5.41) is 2.82. The Morgan fingerprint density at radius 3 is 2.93 bits per heavy atom. The van der Waals surface area contributed by atoms with E-state index in [1.165, 1.54) is 0 Å². The Labute approximate surface area is 90.6 Å². The van der Waals surface area contributed by atoms with Crippen molar-refractivity contribution in [3.8, 4) is 5.75 Å². The third kappa shape index (κ3) is 1.62. The van der Waals surface area contributed by atoms with Crippen LogP contribution in [0, 0.1) is 0 Å². The van der Waals surface area contributed by atoms with E-state index < -0.39 is 0 Å². The molecule has 1 heterocycles. The van der Waals surface area contributed by atoms with Crippen molar-refractivity contribution in [2.75, 3.05) is 12.4 Å². The first kappa shape index (κ1) is 9.52. The molecule has 0 fully saturated rings. The fraction of sp³-hybridized carbons (Fsp3) is 0.300. The third-order valence-electron chi connectivity index (χ3n) is 2.27. The minimum atomic E-state index is 0.0712. The number of anilines is 1.